The number of nitrogens with zero attached hydrogens (tertiary/aromatic N) is 1. The fraction of sp³-hybridized carbons (Fsp3) is 0.278. The topological polar surface area (TPSA) is 66.5 Å². The number of halogens is 1. The number of sulfonamides is 1. The van der Waals surface area contributed by atoms with Crippen LogP contribution in [0.15, 0.2) is 40.9 Å². The molecule has 0 saturated carbocycles. The second kappa shape index (κ2) is 7.58. The van der Waals surface area contributed by atoms with Crippen LogP contribution >= 0.6 is 15.9 Å². The summed E-state index contributed by atoms with van der Waals surface area (Å²) in [6.07, 6.45) is 1.09. The molecule has 0 aliphatic rings. The van der Waals surface area contributed by atoms with Gasteiger partial charge in [-0.15, -0.1) is 0 Å². The van der Waals surface area contributed by atoms with Crippen molar-refractivity contribution in [3.63, 3.8) is 0 Å². The molecule has 1 amide bonds. The fourth-order valence-corrected chi connectivity index (χ4v) is 3.60. The number of aryl methyl sites for hydroxylation is 3. The molecule has 1 N–H and O–H groups in total. The van der Waals surface area contributed by atoms with Crippen molar-refractivity contribution >= 4 is 43.2 Å². The van der Waals surface area contributed by atoms with Gasteiger partial charge in [-0.3, -0.25) is 9.10 Å². The molecule has 7 heteroatoms. The first-order valence-corrected chi connectivity index (χ1v) is 10.3. The van der Waals surface area contributed by atoms with E-state index in [4.69, 9.17) is 0 Å². The molecule has 2 aromatic carbocycles. The number of amides is 1. The lowest BCUT2D eigenvalue weighted by molar-refractivity contribution is -0.114. The number of carbonyl (C=O) groups is 1. The highest BCUT2D eigenvalue weighted by Crippen LogP contribution is 2.25. The third kappa shape index (κ3) is 4.83. The van der Waals surface area contributed by atoms with Gasteiger partial charge in [-0.1, -0.05) is 34.1 Å². The van der Waals surface area contributed by atoms with E-state index in [-0.39, 0.29) is 12.5 Å². The summed E-state index contributed by atoms with van der Waals surface area (Å²) in [5, 5.41) is 2.82. The van der Waals surface area contributed by atoms with Crippen LogP contribution in [0.5, 0.6) is 0 Å². The van der Waals surface area contributed by atoms with Crippen LogP contribution in [0.2, 0.25) is 0 Å². The Morgan fingerprint density at radius 1 is 1.08 bits per heavy atom. The number of hydrogen-bond donors (Lipinski definition) is 1. The Morgan fingerprint density at radius 3 is 2.20 bits per heavy atom. The maximum Gasteiger partial charge on any atom is 0.245 e. The number of rotatable bonds is 5. The van der Waals surface area contributed by atoms with Gasteiger partial charge in [-0.25, -0.2) is 8.42 Å². The minimum Gasteiger partial charge on any atom is -0.324 e. The monoisotopic (exact) mass is 424 g/mol. The minimum atomic E-state index is -3.60. The maximum atomic E-state index is 12.5. The molecule has 2 aromatic rings. The Balaban J connectivity index is 2.29. The van der Waals surface area contributed by atoms with Crippen LogP contribution in [0.3, 0.4) is 0 Å². The van der Waals surface area contributed by atoms with Crippen molar-refractivity contribution in [1.82, 2.24) is 0 Å². The van der Waals surface area contributed by atoms with Crippen LogP contribution in [-0.4, -0.2) is 27.1 Å². The predicted octanol–water partition coefficient (Wildman–Crippen LogP) is 3.78. The van der Waals surface area contributed by atoms with Gasteiger partial charge in [0.1, 0.15) is 6.54 Å². The van der Waals surface area contributed by atoms with Gasteiger partial charge in [0, 0.05) is 10.2 Å². The molecule has 0 fully saturated rings. The lowest BCUT2D eigenvalue weighted by Gasteiger charge is -2.23. The van der Waals surface area contributed by atoms with Crippen LogP contribution in [0, 0.1) is 20.8 Å². The van der Waals surface area contributed by atoms with E-state index in [1.54, 1.807) is 18.2 Å². The summed E-state index contributed by atoms with van der Waals surface area (Å²) in [5.41, 5.74) is 3.92. The lowest BCUT2D eigenvalue weighted by Crippen LogP contribution is -2.37. The summed E-state index contributed by atoms with van der Waals surface area (Å²) in [6.45, 7) is 5.38. The smallest absolute Gasteiger partial charge is 0.245 e. The molecule has 0 unspecified atom stereocenters. The highest BCUT2D eigenvalue weighted by Gasteiger charge is 2.22. The van der Waals surface area contributed by atoms with E-state index < -0.39 is 10.0 Å². The van der Waals surface area contributed by atoms with E-state index in [2.05, 4.69) is 21.2 Å². The molecule has 0 aromatic heterocycles. The Kier molecular flexibility index (Phi) is 5.90. The third-order valence-corrected chi connectivity index (χ3v) is 5.89. The van der Waals surface area contributed by atoms with Crippen molar-refractivity contribution in [1.29, 1.82) is 0 Å². The van der Waals surface area contributed by atoms with Gasteiger partial charge in [0.25, 0.3) is 0 Å². The van der Waals surface area contributed by atoms with Crippen LogP contribution in [0.25, 0.3) is 0 Å². The molecule has 0 bridgehead atoms. The zero-order valence-electron chi connectivity index (χ0n) is 14.6. The summed E-state index contributed by atoms with van der Waals surface area (Å²) >= 11 is 3.39. The first-order chi connectivity index (χ1) is 11.6. The molecular formula is C18H21BrN2O3S. The Hall–Kier alpha value is -1.86. The van der Waals surface area contributed by atoms with Crippen molar-refractivity contribution < 1.29 is 13.2 Å². The molecule has 0 aliphatic carbocycles. The van der Waals surface area contributed by atoms with Crippen LogP contribution in [0.1, 0.15) is 16.7 Å². The van der Waals surface area contributed by atoms with Gasteiger partial charge in [0.05, 0.1) is 11.9 Å². The maximum absolute atomic E-state index is 12.5. The standard InChI is InChI=1S/C18H21BrN2O3S/c1-12-6-5-7-13(2)18(12)20-17(22)11-21(25(4,23)24)15-8-9-16(19)14(3)10-15/h5-10H,11H2,1-4H3,(H,20,22). The normalized spacial score (nSPS) is 11.2. The first-order valence-electron chi connectivity index (χ1n) is 7.69. The van der Waals surface area contributed by atoms with E-state index in [1.165, 1.54) is 0 Å². The summed E-state index contributed by atoms with van der Waals surface area (Å²) in [6, 6.07) is 10.9. The summed E-state index contributed by atoms with van der Waals surface area (Å²) < 4.78 is 26.4. The van der Waals surface area contributed by atoms with Crippen molar-refractivity contribution in [3.8, 4) is 0 Å². The van der Waals surface area contributed by atoms with Gasteiger partial charge in [0.2, 0.25) is 15.9 Å². The molecule has 0 spiro atoms. The van der Waals surface area contributed by atoms with Gasteiger partial charge in [-0.2, -0.15) is 0 Å². The zero-order chi connectivity index (χ0) is 18.8. The number of anilines is 2. The van der Waals surface area contributed by atoms with Crippen molar-refractivity contribution in [2.45, 2.75) is 20.8 Å². The SMILES string of the molecule is Cc1cc(N(CC(=O)Nc2c(C)cccc2C)S(C)(=O)=O)ccc1Br. The zero-order valence-corrected chi connectivity index (χ0v) is 17.0. The summed E-state index contributed by atoms with van der Waals surface area (Å²) in [4.78, 5) is 12.5. The average molecular weight is 425 g/mol. The van der Waals surface area contributed by atoms with E-state index in [0.29, 0.717) is 11.4 Å². The van der Waals surface area contributed by atoms with Crippen LogP contribution < -0.4 is 9.62 Å². The van der Waals surface area contributed by atoms with E-state index in [1.807, 2.05) is 39.0 Å². The highest BCUT2D eigenvalue weighted by molar-refractivity contribution is 9.10. The molecule has 2 rings (SSSR count). The van der Waals surface area contributed by atoms with Gasteiger partial charge in [-0.05, 0) is 55.7 Å². The molecule has 0 radical (unpaired) electrons. The first kappa shape index (κ1) is 19.5. The molecule has 0 aliphatic heterocycles. The number of nitrogens with one attached hydrogen (secondary N) is 1. The number of para-hydroxylation sites is 1. The van der Waals surface area contributed by atoms with Crippen LogP contribution in [0.4, 0.5) is 11.4 Å². The largest absolute Gasteiger partial charge is 0.324 e. The number of hydrogen-bond acceptors (Lipinski definition) is 3. The molecule has 134 valence electrons. The van der Waals surface area contributed by atoms with Gasteiger partial charge in [0.15, 0.2) is 0 Å². The molecule has 25 heavy (non-hydrogen) atoms. The highest BCUT2D eigenvalue weighted by atomic mass is 79.9. The third-order valence-electron chi connectivity index (χ3n) is 3.86. The van der Waals surface area contributed by atoms with Crippen molar-refractivity contribution in [2.24, 2.45) is 0 Å². The number of benzene rings is 2. The average Bonchev–Trinajstić information content (AvgIpc) is 2.50. The van der Waals surface area contributed by atoms with Crippen molar-refractivity contribution in [2.75, 3.05) is 22.4 Å². The lowest BCUT2D eigenvalue weighted by atomic mass is 10.1. The van der Waals surface area contributed by atoms with Gasteiger partial charge < -0.3 is 5.32 Å². The number of carbonyl (C=O) groups excluding carboxylic acids is 1. The molecule has 0 atom stereocenters. The van der Waals surface area contributed by atoms with E-state index in [0.717, 1.165) is 31.7 Å². The Labute approximate surface area is 157 Å². The second-order valence-electron chi connectivity index (χ2n) is 6.02. The summed E-state index contributed by atoms with van der Waals surface area (Å²) in [5.74, 6) is -0.386. The minimum absolute atomic E-state index is 0.284. The molecule has 0 saturated heterocycles. The van der Waals surface area contributed by atoms with Crippen molar-refractivity contribution in [3.05, 3.63) is 57.6 Å². The summed E-state index contributed by atoms with van der Waals surface area (Å²) in [7, 11) is -3.60. The fourth-order valence-electron chi connectivity index (χ4n) is 2.51. The Morgan fingerprint density at radius 2 is 1.68 bits per heavy atom. The molecule has 0 heterocycles. The van der Waals surface area contributed by atoms with E-state index in [9.17, 15) is 13.2 Å². The Bertz CT molecular complexity index is 890. The van der Waals surface area contributed by atoms with E-state index >= 15 is 0 Å². The van der Waals surface area contributed by atoms with Gasteiger partial charge >= 0.3 is 0 Å². The predicted molar refractivity (Wildman–Crippen MR) is 106 cm³/mol. The van der Waals surface area contributed by atoms with Crippen LogP contribution in [-0.2, 0) is 14.8 Å². The molecule has 5 nitrogen and oxygen atoms in total. The quantitative estimate of drug-likeness (QED) is 0.793. The second-order valence-corrected chi connectivity index (χ2v) is 8.78. The molecular weight excluding hydrogens is 404 g/mol.